The summed E-state index contributed by atoms with van der Waals surface area (Å²) in [5.41, 5.74) is 7.67. The minimum atomic E-state index is 0.370. The van der Waals surface area contributed by atoms with Gasteiger partial charge in [0, 0.05) is 31.0 Å². The van der Waals surface area contributed by atoms with E-state index in [1.165, 1.54) is 0 Å². The smallest absolute Gasteiger partial charge is 0.252 e. The molecular formula is C17H17N5. The fourth-order valence-corrected chi connectivity index (χ4v) is 2.23. The number of benzene rings is 1. The van der Waals surface area contributed by atoms with E-state index in [1.54, 1.807) is 12.4 Å². The first-order valence-corrected chi connectivity index (χ1v) is 7.29. The lowest BCUT2D eigenvalue weighted by Gasteiger charge is -2.14. The molecule has 3 rings (SSSR count). The first kappa shape index (κ1) is 14.1. The Bertz CT molecular complexity index is 704. The molecule has 5 heteroatoms. The molecule has 0 bridgehead atoms. The van der Waals surface area contributed by atoms with Crippen LogP contribution in [0.25, 0.3) is 0 Å². The van der Waals surface area contributed by atoms with Crippen molar-refractivity contribution < 1.29 is 0 Å². The maximum atomic E-state index is 5.95. The van der Waals surface area contributed by atoms with E-state index in [1.807, 2.05) is 35.2 Å². The Labute approximate surface area is 129 Å². The Morgan fingerprint density at radius 1 is 1.00 bits per heavy atom. The van der Waals surface area contributed by atoms with Gasteiger partial charge in [-0.3, -0.25) is 0 Å². The van der Waals surface area contributed by atoms with Crippen molar-refractivity contribution in [3.63, 3.8) is 0 Å². The minimum absolute atomic E-state index is 0.370. The molecule has 1 aromatic heterocycles. The summed E-state index contributed by atoms with van der Waals surface area (Å²) in [4.78, 5) is 14.7. The van der Waals surface area contributed by atoms with E-state index < -0.39 is 0 Å². The maximum Gasteiger partial charge on any atom is 0.252 e. The van der Waals surface area contributed by atoms with Gasteiger partial charge in [-0.05, 0) is 25.0 Å². The van der Waals surface area contributed by atoms with Gasteiger partial charge in [0.2, 0.25) is 0 Å². The summed E-state index contributed by atoms with van der Waals surface area (Å²) in [5, 5.41) is 0. The molecule has 2 heterocycles. The molecule has 0 saturated carbocycles. The monoisotopic (exact) mass is 291 g/mol. The fraction of sp³-hybridized carbons (Fsp3) is 0.235. The summed E-state index contributed by atoms with van der Waals surface area (Å²) >= 11 is 0. The third kappa shape index (κ3) is 3.61. The third-order valence-electron chi connectivity index (χ3n) is 3.41. The maximum absolute atomic E-state index is 5.95. The van der Waals surface area contributed by atoms with Crippen LogP contribution in [0.3, 0.4) is 0 Å². The van der Waals surface area contributed by atoms with Crippen molar-refractivity contribution in [3.05, 3.63) is 53.9 Å². The van der Waals surface area contributed by atoms with E-state index in [0.717, 1.165) is 37.1 Å². The zero-order chi connectivity index (χ0) is 15.2. The predicted molar refractivity (Wildman–Crippen MR) is 86.5 cm³/mol. The lowest BCUT2D eigenvalue weighted by Crippen LogP contribution is -2.34. The normalized spacial score (nSPS) is 14.5. The van der Waals surface area contributed by atoms with E-state index in [2.05, 4.69) is 26.8 Å². The molecule has 2 aromatic rings. The van der Waals surface area contributed by atoms with Crippen molar-refractivity contribution in [3.8, 4) is 11.8 Å². The fourth-order valence-electron chi connectivity index (χ4n) is 2.23. The second kappa shape index (κ2) is 6.72. The highest BCUT2D eigenvalue weighted by atomic mass is 15.3. The molecule has 0 atom stereocenters. The highest BCUT2D eigenvalue weighted by Gasteiger charge is 2.13. The van der Waals surface area contributed by atoms with E-state index in [-0.39, 0.29) is 0 Å². The van der Waals surface area contributed by atoms with E-state index >= 15 is 0 Å². The van der Waals surface area contributed by atoms with Crippen molar-refractivity contribution in [1.82, 2.24) is 14.9 Å². The number of nitrogens with two attached hydrogens (primary N) is 1. The van der Waals surface area contributed by atoms with Gasteiger partial charge in [-0.2, -0.15) is 4.99 Å². The Balaban J connectivity index is 1.70. The van der Waals surface area contributed by atoms with Crippen LogP contribution in [-0.4, -0.2) is 33.9 Å². The number of nitrogens with zero attached hydrogens (tertiary/aromatic N) is 4. The Morgan fingerprint density at radius 3 is 2.32 bits per heavy atom. The molecule has 0 radical (unpaired) electrons. The van der Waals surface area contributed by atoms with Gasteiger partial charge in [0.15, 0.2) is 5.96 Å². The first-order valence-electron chi connectivity index (χ1n) is 7.29. The zero-order valence-electron chi connectivity index (χ0n) is 12.2. The minimum Gasteiger partial charge on any atom is -0.369 e. The van der Waals surface area contributed by atoms with Crippen molar-refractivity contribution in [2.45, 2.75) is 12.8 Å². The van der Waals surface area contributed by atoms with Gasteiger partial charge in [0.25, 0.3) is 5.95 Å². The van der Waals surface area contributed by atoms with Crippen LogP contribution in [0.1, 0.15) is 24.0 Å². The average Bonchev–Trinajstić information content (AvgIpc) is 3.10. The molecule has 1 saturated heterocycles. The van der Waals surface area contributed by atoms with Gasteiger partial charge in [-0.25, -0.2) is 9.97 Å². The predicted octanol–water partition coefficient (Wildman–Crippen LogP) is 1.92. The zero-order valence-corrected chi connectivity index (χ0v) is 12.2. The molecule has 2 N–H and O–H groups in total. The quantitative estimate of drug-likeness (QED) is 0.495. The van der Waals surface area contributed by atoms with Crippen LogP contribution >= 0.6 is 0 Å². The summed E-state index contributed by atoms with van der Waals surface area (Å²) in [6.07, 6.45) is 5.65. The van der Waals surface area contributed by atoms with Crippen LogP contribution in [0, 0.1) is 11.8 Å². The van der Waals surface area contributed by atoms with Gasteiger partial charge in [-0.15, -0.1) is 0 Å². The SMILES string of the molecule is N/C(=N\c1ncc(C#Cc2ccccc2)cn1)N1CCCC1. The second-order valence-corrected chi connectivity index (χ2v) is 5.05. The molecule has 0 aliphatic carbocycles. The van der Waals surface area contributed by atoms with Crippen LogP contribution in [-0.2, 0) is 0 Å². The lowest BCUT2D eigenvalue weighted by molar-refractivity contribution is 0.513. The Morgan fingerprint density at radius 2 is 1.64 bits per heavy atom. The Kier molecular flexibility index (Phi) is 4.30. The molecule has 1 aliphatic heterocycles. The highest BCUT2D eigenvalue weighted by Crippen LogP contribution is 2.09. The summed E-state index contributed by atoms with van der Waals surface area (Å²) in [7, 11) is 0. The second-order valence-electron chi connectivity index (χ2n) is 5.05. The van der Waals surface area contributed by atoms with Gasteiger partial charge < -0.3 is 10.6 Å². The van der Waals surface area contributed by atoms with Gasteiger partial charge in [0.05, 0.1) is 5.56 Å². The molecule has 0 amide bonds. The number of aliphatic imine (C=N–C) groups is 1. The number of aromatic nitrogens is 2. The average molecular weight is 291 g/mol. The third-order valence-corrected chi connectivity index (χ3v) is 3.41. The standard InChI is InChI=1S/C17H17N5/c18-16(22-10-4-5-11-22)21-17-19-12-15(13-20-17)9-8-14-6-2-1-3-7-14/h1-3,6-7,12-13H,4-5,10-11H2,(H2,18,19,20,21). The largest absolute Gasteiger partial charge is 0.369 e. The van der Waals surface area contributed by atoms with Crippen molar-refractivity contribution >= 4 is 11.9 Å². The van der Waals surface area contributed by atoms with Gasteiger partial charge >= 0.3 is 0 Å². The summed E-state index contributed by atoms with van der Waals surface area (Å²) in [6, 6.07) is 9.80. The molecule has 0 unspecified atom stereocenters. The number of hydrogen-bond acceptors (Lipinski definition) is 3. The van der Waals surface area contributed by atoms with Crippen LogP contribution < -0.4 is 5.73 Å². The van der Waals surface area contributed by atoms with Gasteiger partial charge in [-0.1, -0.05) is 30.0 Å². The van der Waals surface area contributed by atoms with E-state index in [0.29, 0.717) is 11.9 Å². The molecule has 1 aliphatic rings. The molecule has 1 aromatic carbocycles. The molecule has 22 heavy (non-hydrogen) atoms. The number of guanidine groups is 1. The molecular weight excluding hydrogens is 274 g/mol. The summed E-state index contributed by atoms with van der Waals surface area (Å²) in [5.74, 6) is 6.96. The number of hydrogen-bond donors (Lipinski definition) is 1. The highest BCUT2D eigenvalue weighted by molar-refractivity contribution is 5.80. The summed E-state index contributed by atoms with van der Waals surface area (Å²) in [6.45, 7) is 1.91. The summed E-state index contributed by atoms with van der Waals surface area (Å²) < 4.78 is 0. The topological polar surface area (TPSA) is 67.4 Å². The molecule has 1 fully saturated rings. The first-order chi connectivity index (χ1) is 10.8. The van der Waals surface area contributed by atoms with Crippen LogP contribution in [0.15, 0.2) is 47.7 Å². The lowest BCUT2D eigenvalue weighted by atomic mass is 10.2. The van der Waals surface area contributed by atoms with Crippen LogP contribution in [0.2, 0.25) is 0 Å². The van der Waals surface area contributed by atoms with E-state index in [9.17, 15) is 0 Å². The van der Waals surface area contributed by atoms with E-state index in [4.69, 9.17) is 5.73 Å². The van der Waals surface area contributed by atoms with Gasteiger partial charge in [0.1, 0.15) is 0 Å². The number of rotatable bonds is 1. The number of likely N-dealkylation sites (tertiary alicyclic amines) is 1. The Hall–Kier alpha value is -2.87. The molecule has 110 valence electrons. The van der Waals surface area contributed by atoms with Crippen LogP contribution in [0.4, 0.5) is 5.95 Å². The molecule has 5 nitrogen and oxygen atoms in total. The van der Waals surface area contributed by atoms with Crippen molar-refractivity contribution in [1.29, 1.82) is 0 Å². The van der Waals surface area contributed by atoms with Crippen molar-refractivity contribution in [2.75, 3.05) is 13.1 Å². The molecule has 0 spiro atoms. The van der Waals surface area contributed by atoms with Crippen molar-refractivity contribution in [2.24, 2.45) is 10.7 Å². The van der Waals surface area contributed by atoms with Crippen LogP contribution in [0.5, 0.6) is 0 Å².